The van der Waals surface area contributed by atoms with Crippen molar-refractivity contribution >= 4 is 28.2 Å². The number of aromatic nitrogens is 1. The molecule has 1 N–H and O–H groups in total. The van der Waals surface area contributed by atoms with Crippen LogP contribution in [0.1, 0.15) is 25.7 Å². The van der Waals surface area contributed by atoms with Crippen LogP contribution in [0.4, 0.5) is 5.69 Å². The van der Waals surface area contributed by atoms with Crippen LogP contribution in [0.3, 0.4) is 0 Å². The fraction of sp³-hybridized carbons (Fsp3) is 0.438. The van der Waals surface area contributed by atoms with E-state index in [1.807, 2.05) is 18.3 Å². The Labute approximate surface area is 124 Å². The second-order valence-corrected chi connectivity index (χ2v) is 5.78. The van der Waals surface area contributed by atoms with Crippen molar-refractivity contribution in [2.24, 2.45) is 0 Å². The van der Waals surface area contributed by atoms with Gasteiger partial charge in [-0.25, -0.2) is 0 Å². The highest BCUT2D eigenvalue weighted by Crippen LogP contribution is 2.33. The van der Waals surface area contributed by atoms with E-state index in [0.717, 1.165) is 35.3 Å². The van der Waals surface area contributed by atoms with Crippen LogP contribution >= 0.6 is 11.6 Å². The summed E-state index contributed by atoms with van der Waals surface area (Å²) < 4.78 is 0. The van der Waals surface area contributed by atoms with E-state index in [-0.39, 0.29) is 6.61 Å². The number of halogens is 1. The van der Waals surface area contributed by atoms with Crippen LogP contribution in [0.2, 0.25) is 5.02 Å². The van der Waals surface area contributed by atoms with Crippen LogP contribution in [0.25, 0.3) is 10.9 Å². The first-order valence-corrected chi connectivity index (χ1v) is 7.59. The number of nitrogens with zero attached hydrogens (tertiary/aromatic N) is 2. The Balaban J connectivity index is 1.96. The first-order chi connectivity index (χ1) is 9.79. The van der Waals surface area contributed by atoms with Crippen molar-refractivity contribution in [1.82, 2.24) is 4.98 Å². The van der Waals surface area contributed by atoms with Crippen molar-refractivity contribution < 1.29 is 5.11 Å². The summed E-state index contributed by atoms with van der Waals surface area (Å²) >= 11 is 6.05. The summed E-state index contributed by atoms with van der Waals surface area (Å²) in [6, 6.07) is 8.52. The number of aliphatic hydroxyl groups is 1. The lowest BCUT2D eigenvalue weighted by Crippen LogP contribution is -2.29. The standard InChI is InChI=1S/C16H19ClN2O/c17-12-5-6-14-15(11-12)18-8-7-16(14)19-9-1-3-13(19)4-2-10-20/h5-8,11,13,20H,1-4,9-10H2. The molecule has 2 aromatic rings. The van der Waals surface area contributed by atoms with Gasteiger partial charge >= 0.3 is 0 Å². The Morgan fingerprint density at radius 3 is 3.10 bits per heavy atom. The van der Waals surface area contributed by atoms with Gasteiger partial charge in [0.2, 0.25) is 0 Å². The summed E-state index contributed by atoms with van der Waals surface area (Å²) in [7, 11) is 0. The highest BCUT2D eigenvalue weighted by atomic mass is 35.5. The van der Waals surface area contributed by atoms with Crippen LogP contribution in [-0.2, 0) is 0 Å². The molecule has 1 aliphatic heterocycles. The second kappa shape index (κ2) is 5.98. The van der Waals surface area contributed by atoms with Crippen LogP contribution in [0.5, 0.6) is 0 Å². The van der Waals surface area contributed by atoms with Crippen LogP contribution in [0.15, 0.2) is 30.5 Å². The summed E-state index contributed by atoms with van der Waals surface area (Å²) in [6.07, 6.45) is 6.20. The SMILES string of the molecule is OCCCC1CCCN1c1ccnc2cc(Cl)ccc12. The van der Waals surface area contributed by atoms with E-state index in [2.05, 4.69) is 22.0 Å². The number of rotatable bonds is 4. The van der Waals surface area contributed by atoms with Gasteiger partial charge in [-0.2, -0.15) is 0 Å². The van der Waals surface area contributed by atoms with Crippen LogP contribution < -0.4 is 4.90 Å². The first-order valence-electron chi connectivity index (χ1n) is 7.21. The summed E-state index contributed by atoms with van der Waals surface area (Å²) in [6.45, 7) is 1.36. The molecular formula is C16H19ClN2O. The van der Waals surface area contributed by atoms with Crippen molar-refractivity contribution in [3.63, 3.8) is 0 Å². The maximum Gasteiger partial charge on any atom is 0.0737 e. The molecule has 1 aromatic heterocycles. The summed E-state index contributed by atoms with van der Waals surface area (Å²) in [5.74, 6) is 0. The van der Waals surface area contributed by atoms with Crippen molar-refractivity contribution in [2.75, 3.05) is 18.1 Å². The Bertz CT molecular complexity index is 602. The average Bonchev–Trinajstić information content (AvgIpc) is 2.92. The molecule has 1 aliphatic rings. The van der Waals surface area contributed by atoms with E-state index in [9.17, 15) is 0 Å². The van der Waals surface area contributed by atoms with Gasteiger partial charge in [0.05, 0.1) is 5.52 Å². The Morgan fingerprint density at radius 2 is 2.25 bits per heavy atom. The molecule has 3 rings (SSSR count). The Morgan fingerprint density at radius 1 is 1.35 bits per heavy atom. The molecule has 1 aromatic carbocycles. The van der Waals surface area contributed by atoms with Gasteiger partial charge < -0.3 is 10.0 Å². The molecule has 1 atom stereocenters. The van der Waals surface area contributed by atoms with Crippen LogP contribution in [-0.4, -0.2) is 29.3 Å². The number of hydrogen-bond donors (Lipinski definition) is 1. The third-order valence-corrected chi connectivity index (χ3v) is 4.30. The normalized spacial score (nSPS) is 18.9. The fourth-order valence-corrected chi connectivity index (χ4v) is 3.30. The second-order valence-electron chi connectivity index (χ2n) is 5.35. The Hall–Kier alpha value is -1.32. The molecule has 4 heteroatoms. The van der Waals surface area contributed by atoms with E-state index >= 15 is 0 Å². The third kappa shape index (κ3) is 2.60. The molecular weight excluding hydrogens is 272 g/mol. The van der Waals surface area contributed by atoms with Gasteiger partial charge in [0, 0.05) is 41.5 Å². The summed E-state index contributed by atoms with van der Waals surface area (Å²) in [5.41, 5.74) is 2.19. The predicted molar refractivity (Wildman–Crippen MR) is 83.4 cm³/mol. The molecule has 106 valence electrons. The quantitative estimate of drug-likeness (QED) is 0.934. The lowest BCUT2D eigenvalue weighted by molar-refractivity contribution is 0.279. The molecule has 0 saturated carbocycles. The smallest absolute Gasteiger partial charge is 0.0737 e. The molecule has 3 nitrogen and oxygen atoms in total. The number of hydrogen-bond acceptors (Lipinski definition) is 3. The van der Waals surface area contributed by atoms with Gasteiger partial charge in [-0.15, -0.1) is 0 Å². The molecule has 1 unspecified atom stereocenters. The third-order valence-electron chi connectivity index (χ3n) is 4.06. The molecule has 1 fully saturated rings. The maximum absolute atomic E-state index is 9.04. The van der Waals surface area contributed by atoms with E-state index in [4.69, 9.17) is 16.7 Å². The van der Waals surface area contributed by atoms with Crippen molar-refractivity contribution in [3.05, 3.63) is 35.5 Å². The highest BCUT2D eigenvalue weighted by molar-refractivity contribution is 6.31. The number of aliphatic hydroxyl groups excluding tert-OH is 1. The maximum atomic E-state index is 9.04. The minimum absolute atomic E-state index is 0.275. The van der Waals surface area contributed by atoms with Crippen molar-refractivity contribution in [1.29, 1.82) is 0 Å². The summed E-state index contributed by atoms with van der Waals surface area (Å²) in [4.78, 5) is 6.88. The first kappa shape index (κ1) is 13.7. The zero-order valence-electron chi connectivity index (χ0n) is 11.4. The van der Waals surface area contributed by atoms with Gasteiger partial charge in [-0.1, -0.05) is 11.6 Å². The number of benzene rings is 1. The zero-order valence-corrected chi connectivity index (χ0v) is 12.2. The predicted octanol–water partition coefficient (Wildman–Crippen LogP) is 3.63. The van der Waals surface area contributed by atoms with Crippen molar-refractivity contribution in [2.45, 2.75) is 31.7 Å². The average molecular weight is 291 g/mol. The van der Waals surface area contributed by atoms with E-state index in [1.165, 1.54) is 18.5 Å². The van der Waals surface area contributed by atoms with E-state index < -0.39 is 0 Å². The van der Waals surface area contributed by atoms with Gasteiger partial charge in [0.1, 0.15) is 0 Å². The molecule has 0 aliphatic carbocycles. The lowest BCUT2D eigenvalue weighted by Gasteiger charge is -2.27. The molecule has 0 amide bonds. The van der Waals surface area contributed by atoms with Crippen molar-refractivity contribution in [3.8, 4) is 0 Å². The number of pyridine rings is 1. The van der Waals surface area contributed by atoms with E-state index in [0.29, 0.717) is 6.04 Å². The fourth-order valence-electron chi connectivity index (χ4n) is 3.14. The van der Waals surface area contributed by atoms with Gasteiger partial charge in [-0.05, 0) is 49.9 Å². The summed E-state index contributed by atoms with van der Waals surface area (Å²) in [5, 5.41) is 10.9. The molecule has 2 heterocycles. The largest absolute Gasteiger partial charge is 0.396 e. The monoisotopic (exact) mass is 290 g/mol. The Kier molecular flexibility index (Phi) is 4.08. The highest BCUT2D eigenvalue weighted by Gasteiger charge is 2.25. The minimum atomic E-state index is 0.275. The zero-order chi connectivity index (χ0) is 13.9. The lowest BCUT2D eigenvalue weighted by atomic mass is 10.1. The minimum Gasteiger partial charge on any atom is -0.396 e. The molecule has 1 saturated heterocycles. The molecule has 0 spiro atoms. The topological polar surface area (TPSA) is 36.4 Å². The molecule has 0 radical (unpaired) electrons. The molecule has 20 heavy (non-hydrogen) atoms. The van der Waals surface area contributed by atoms with Gasteiger partial charge in [0.25, 0.3) is 0 Å². The van der Waals surface area contributed by atoms with Crippen LogP contribution in [0, 0.1) is 0 Å². The molecule has 0 bridgehead atoms. The van der Waals surface area contributed by atoms with Gasteiger partial charge in [0.15, 0.2) is 0 Å². The van der Waals surface area contributed by atoms with Gasteiger partial charge in [-0.3, -0.25) is 4.98 Å². The number of fused-ring (bicyclic) bond motifs is 1. The number of anilines is 1. The van der Waals surface area contributed by atoms with E-state index in [1.54, 1.807) is 0 Å².